The number of hydrogen-bond donors (Lipinski definition) is 2. The van der Waals surface area contributed by atoms with Gasteiger partial charge < -0.3 is 20.1 Å². The Labute approximate surface area is 124 Å². The van der Waals surface area contributed by atoms with Crippen molar-refractivity contribution in [3.8, 4) is 0 Å². The van der Waals surface area contributed by atoms with Crippen LogP contribution in [0.15, 0.2) is 0 Å². The number of rotatable bonds is 6. The number of amides is 2. The van der Waals surface area contributed by atoms with Crippen molar-refractivity contribution in [2.24, 2.45) is 0 Å². The first-order valence-electron chi connectivity index (χ1n) is 6.77. The van der Waals surface area contributed by atoms with Gasteiger partial charge in [-0.3, -0.25) is 4.79 Å². The molecule has 0 aliphatic carbocycles. The number of carboxylic acids is 1. The van der Waals surface area contributed by atoms with Gasteiger partial charge in [-0.1, -0.05) is 6.92 Å². The van der Waals surface area contributed by atoms with Crippen LogP contribution >= 0.6 is 0 Å². The largest absolute Gasteiger partial charge is 0.481 e. The Bertz CT molecular complexity index is 478. The number of methoxy groups -OCH3 is 1. The number of sulfone groups is 1. The quantitative estimate of drug-likeness (QED) is 0.694. The second-order valence-corrected chi connectivity index (χ2v) is 7.30. The summed E-state index contributed by atoms with van der Waals surface area (Å²) >= 11 is 0. The molecule has 1 fully saturated rings. The molecule has 122 valence electrons. The van der Waals surface area contributed by atoms with E-state index >= 15 is 0 Å². The molecule has 8 nitrogen and oxygen atoms in total. The molecule has 0 aromatic heterocycles. The highest BCUT2D eigenvalue weighted by molar-refractivity contribution is 7.91. The fourth-order valence-electron chi connectivity index (χ4n) is 2.24. The summed E-state index contributed by atoms with van der Waals surface area (Å²) in [6.07, 6.45) is 0.281. The second kappa shape index (κ2) is 7.60. The van der Waals surface area contributed by atoms with Crippen molar-refractivity contribution in [1.82, 2.24) is 10.2 Å². The third-order valence-corrected chi connectivity index (χ3v) is 5.09. The highest BCUT2D eigenvalue weighted by atomic mass is 32.2. The van der Waals surface area contributed by atoms with Crippen molar-refractivity contribution in [3.05, 3.63) is 0 Å². The predicted molar refractivity (Wildman–Crippen MR) is 75.9 cm³/mol. The van der Waals surface area contributed by atoms with Crippen molar-refractivity contribution in [2.45, 2.75) is 31.8 Å². The van der Waals surface area contributed by atoms with E-state index in [1.807, 2.05) is 6.92 Å². The van der Waals surface area contributed by atoms with Gasteiger partial charge in [-0.05, 0) is 6.42 Å². The summed E-state index contributed by atoms with van der Waals surface area (Å²) in [6.45, 7) is 2.24. The fourth-order valence-corrected chi connectivity index (χ4v) is 3.77. The summed E-state index contributed by atoms with van der Waals surface area (Å²) in [6, 6.07) is -1.46. The number of nitrogens with zero attached hydrogens (tertiary/aromatic N) is 1. The highest BCUT2D eigenvalue weighted by Gasteiger charge is 2.35. The average Bonchev–Trinajstić information content (AvgIpc) is 2.36. The number of ether oxygens (including phenoxy) is 1. The summed E-state index contributed by atoms with van der Waals surface area (Å²) in [4.78, 5) is 24.4. The lowest BCUT2D eigenvalue weighted by Gasteiger charge is -2.35. The first-order valence-corrected chi connectivity index (χ1v) is 8.59. The molecular formula is C12H22N2O6S. The van der Waals surface area contributed by atoms with E-state index in [0.717, 1.165) is 0 Å². The topological polar surface area (TPSA) is 113 Å². The summed E-state index contributed by atoms with van der Waals surface area (Å²) < 4.78 is 28.2. The molecule has 0 aromatic carbocycles. The lowest BCUT2D eigenvalue weighted by molar-refractivity contribution is -0.138. The minimum atomic E-state index is -3.30. The van der Waals surface area contributed by atoms with E-state index in [9.17, 15) is 18.0 Å². The molecule has 0 spiro atoms. The van der Waals surface area contributed by atoms with Crippen molar-refractivity contribution in [2.75, 3.05) is 31.8 Å². The van der Waals surface area contributed by atoms with Crippen molar-refractivity contribution in [1.29, 1.82) is 0 Å². The minimum Gasteiger partial charge on any atom is -0.481 e. The van der Waals surface area contributed by atoms with Crippen molar-refractivity contribution >= 4 is 21.8 Å². The SMILES string of the molecule is CCC(COC)NC(=O)N1CCS(=O)(=O)CC1CC(=O)O. The maximum absolute atomic E-state index is 12.2. The van der Waals surface area contributed by atoms with Crippen LogP contribution in [0.4, 0.5) is 4.79 Å². The highest BCUT2D eigenvalue weighted by Crippen LogP contribution is 2.15. The Kier molecular flexibility index (Phi) is 6.41. The molecule has 1 aliphatic heterocycles. The lowest BCUT2D eigenvalue weighted by Crippen LogP contribution is -2.56. The van der Waals surface area contributed by atoms with Gasteiger partial charge in [0.05, 0.1) is 36.6 Å². The maximum atomic E-state index is 12.2. The molecule has 9 heteroatoms. The molecule has 0 saturated carbocycles. The molecule has 2 amide bonds. The van der Waals surface area contributed by atoms with Crippen LogP contribution in [-0.2, 0) is 19.4 Å². The van der Waals surface area contributed by atoms with Gasteiger partial charge in [0.15, 0.2) is 9.84 Å². The van der Waals surface area contributed by atoms with Crippen LogP contribution in [0.5, 0.6) is 0 Å². The monoisotopic (exact) mass is 322 g/mol. The van der Waals surface area contributed by atoms with Gasteiger partial charge in [-0.25, -0.2) is 13.2 Å². The standard InChI is InChI=1S/C12H22N2O6S/c1-3-9(7-20-2)13-12(17)14-4-5-21(18,19)8-10(14)6-11(15)16/h9-10H,3-8H2,1-2H3,(H,13,17)(H,15,16). The zero-order chi connectivity index (χ0) is 16.0. The van der Waals surface area contributed by atoms with E-state index in [0.29, 0.717) is 13.0 Å². The van der Waals surface area contributed by atoms with Crippen LogP contribution in [0.3, 0.4) is 0 Å². The molecule has 0 aromatic rings. The van der Waals surface area contributed by atoms with Crippen LogP contribution in [0.2, 0.25) is 0 Å². The van der Waals surface area contributed by atoms with Gasteiger partial charge in [-0.2, -0.15) is 0 Å². The van der Waals surface area contributed by atoms with E-state index in [1.165, 1.54) is 12.0 Å². The van der Waals surface area contributed by atoms with E-state index < -0.39 is 27.9 Å². The summed E-state index contributed by atoms with van der Waals surface area (Å²) in [7, 11) is -1.77. The number of carboxylic acid groups (broad SMARTS) is 1. The van der Waals surface area contributed by atoms with Gasteiger partial charge in [0.1, 0.15) is 0 Å². The lowest BCUT2D eigenvalue weighted by atomic mass is 10.2. The summed E-state index contributed by atoms with van der Waals surface area (Å²) in [5.74, 6) is -1.58. The first kappa shape index (κ1) is 17.7. The van der Waals surface area contributed by atoms with E-state index in [2.05, 4.69) is 5.32 Å². The molecular weight excluding hydrogens is 300 g/mol. The number of hydrogen-bond acceptors (Lipinski definition) is 5. The predicted octanol–water partition coefficient (Wildman–Crippen LogP) is -0.305. The molecule has 2 N–H and O–H groups in total. The fraction of sp³-hybridized carbons (Fsp3) is 0.833. The summed E-state index contributed by atoms with van der Waals surface area (Å²) in [5, 5.41) is 11.6. The van der Waals surface area contributed by atoms with Gasteiger partial charge in [0, 0.05) is 13.7 Å². The third-order valence-electron chi connectivity index (χ3n) is 3.39. The Morgan fingerprint density at radius 3 is 2.67 bits per heavy atom. The Morgan fingerprint density at radius 1 is 1.48 bits per heavy atom. The number of carbonyl (C=O) groups excluding carboxylic acids is 1. The van der Waals surface area contributed by atoms with E-state index in [1.54, 1.807) is 0 Å². The third kappa shape index (κ3) is 5.50. The Hall–Kier alpha value is -1.35. The summed E-state index contributed by atoms with van der Waals surface area (Å²) in [5.41, 5.74) is 0. The molecule has 0 radical (unpaired) electrons. The second-order valence-electron chi connectivity index (χ2n) is 5.07. The minimum absolute atomic E-state index is 0.00945. The Morgan fingerprint density at radius 2 is 2.14 bits per heavy atom. The number of urea groups is 1. The van der Waals surface area contributed by atoms with Crippen LogP contribution in [0, 0.1) is 0 Å². The van der Waals surface area contributed by atoms with Gasteiger partial charge in [-0.15, -0.1) is 0 Å². The molecule has 1 rings (SSSR count). The molecule has 1 aliphatic rings. The van der Waals surface area contributed by atoms with E-state index in [4.69, 9.17) is 9.84 Å². The molecule has 1 heterocycles. The molecule has 2 unspecified atom stereocenters. The van der Waals surface area contributed by atoms with Crippen molar-refractivity contribution < 1.29 is 27.9 Å². The van der Waals surface area contributed by atoms with Gasteiger partial charge in [0.2, 0.25) is 0 Å². The molecule has 21 heavy (non-hydrogen) atoms. The molecule has 2 atom stereocenters. The van der Waals surface area contributed by atoms with Crippen LogP contribution in [0.25, 0.3) is 0 Å². The van der Waals surface area contributed by atoms with Gasteiger partial charge in [0.25, 0.3) is 0 Å². The van der Waals surface area contributed by atoms with Crippen LogP contribution < -0.4 is 5.32 Å². The number of nitrogens with one attached hydrogen (secondary N) is 1. The molecule has 1 saturated heterocycles. The Balaban J connectivity index is 2.77. The molecule has 0 bridgehead atoms. The smallest absolute Gasteiger partial charge is 0.318 e. The zero-order valence-electron chi connectivity index (χ0n) is 12.2. The van der Waals surface area contributed by atoms with Crippen LogP contribution in [-0.4, -0.2) is 74.3 Å². The van der Waals surface area contributed by atoms with Gasteiger partial charge >= 0.3 is 12.0 Å². The number of aliphatic carboxylic acids is 1. The van der Waals surface area contributed by atoms with E-state index in [-0.39, 0.29) is 30.5 Å². The van der Waals surface area contributed by atoms with Crippen LogP contribution in [0.1, 0.15) is 19.8 Å². The maximum Gasteiger partial charge on any atom is 0.318 e. The van der Waals surface area contributed by atoms with Crippen molar-refractivity contribution in [3.63, 3.8) is 0 Å². The zero-order valence-corrected chi connectivity index (χ0v) is 13.1. The average molecular weight is 322 g/mol. The number of carbonyl (C=O) groups is 2. The normalized spacial score (nSPS) is 22.6. The first-order chi connectivity index (χ1) is 9.79.